The van der Waals surface area contributed by atoms with E-state index in [2.05, 4.69) is 5.32 Å². The third-order valence-corrected chi connectivity index (χ3v) is 7.97. The van der Waals surface area contributed by atoms with Crippen molar-refractivity contribution in [3.05, 3.63) is 66.0 Å². The van der Waals surface area contributed by atoms with Crippen molar-refractivity contribution in [2.75, 3.05) is 19.7 Å². The molecule has 186 valence electrons. The first kappa shape index (κ1) is 26.1. The lowest BCUT2D eigenvalue weighted by Gasteiger charge is -2.31. The molecule has 1 fully saturated rings. The summed E-state index contributed by atoms with van der Waals surface area (Å²) >= 11 is 0. The van der Waals surface area contributed by atoms with Crippen molar-refractivity contribution >= 4 is 16.1 Å². The van der Waals surface area contributed by atoms with Crippen molar-refractivity contribution in [2.24, 2.45) is 5.92 Å². The van der Waals surface area contributed by atoms with Crippen molar-refractivity contribution in [1.29, 1.82) is 0 Å². The van der Waals surface area contributed by atoms with Gasteiger partial charge in [0.1, 0.15) is 5.82 Å². The number of carbonyl (C=O) groups excluding carboxylic acids is 1. The van der Waals surface area contributed by atoms with E-state index >= 15 is 0 Å². The monoisotopic (exact) mass is 492 g/mol. The van der Waals surface area contributed by atoms with Crippen LogP contribution in [0.3, 0.4) is 0 Å². The molecule has 0 heterocycles. The van der Waals surface area contributed by atoms with Gasteiger partial charge in [0.05, 0.1) is 23.6 Å². The maximum atomic E-state index is 13.5. The molecule has 0 unspecified atom stereocenters. The molecule has 1 aliphatic rings. The molecule has 7 nitrogen and oxygen atoms in total. The molecular weight excluding hydrogens is 459 g/mol. The van der Waals surface area contributed by atoms with Gasteiger partial charge in [-0.1, -0.05) is 43.2 Å². The van der Waals surface area contributed by atoms with Crippen LogP contribution in [0, 0.1) is 11.7 Å². The first-order chi connectivity index (χ1) is 16.3. The highest BCUT2D eigenvalue weighted by molar-refractivity contribution is 7.89. The first-order valence-corrected chi connectivity index (χ1v) is 13.1. The van der Waals surface area contributed by atoms with Crippen LogP contribution in [0.4, 0.5) is 9.18 Å². The lowest BCUT2D eigenvalue weighted by molar-refractivity contribution is 0.0899. The smallest absolute Gasteiger partial charge is 0.407 e. The molecule has 2 atom stereocenters. The number of alkyl carbamates (subject to hydrolysis) is 1. The summed E-state index contributed by atoms with van der Waals surface area (Å²) < 4.78 is 46.6. The van der Waals surface area contributed by atoms with Crippen LogP contribution in [0.15, 0.2) is 59.5 Å². The van der Waals surface area contributed by atoms with Crippen molar-refractivity contribution in [2.45, 2.75) is 56.1 Å². The summed E-state index contributed by atoms with van der Waals surface area (Å²) in [6, 6.07) is 13.2. The molecular formula is C25H33FN2O5S. The van der Waals surface area contributed by atoms with E-state index in [9.17, 15) is 22.7 Å². The Bertz CT molecular complexity index is 1010. The van der Waals surface area contributed by atoms with E-state index < -0.39 is 34.1 Å². The van der Waals surface area contributed by atoms with Crippen LogP contribution < -0.4 is 5.32 Å². The van der Waals surface area contributed by atoms with Crippen LogP contribution in [0.25, 0.3) is 0 Å². The van der Waals surface area contributed by atoms with E-state index in [-0.39, 0.29) is 30.5 Å². The summed E-state index contributed by atoms with van der Waals surface area (Å²) in [5.74, 6) is -0.337. The average Bonchev–Trinajstić information content (AvgIpc) is 3.32. The first-order valence-electron chi connectivity index (χ1n) is 11.7. The maximum Gasteiger partial charge on any atom is 0.407 e. The molecule has 1 aliphatic carbocycles. The third-order valence-electron chi connectivity index (χ3n) is 6.12. The Morgan fingerprint density at radius 1 is 1.15 bits per heavy atom. The van der Waals surface area contributed by atoms with Gasteiger partial charge in [-0.25, -0.2) is 17.6 Å². The molecule has 1 saturated carbocycles. The minimum Gasteiger partial charge on any atom is -0.450 e. The fourth-order valence-electron chi connectivity index (χ4n) is 4.32. The van der Waals surface area contributed by atoms with Crippen molar-refractivity contribution in [1.82, 2.24) is 9.62 Å². The lowest BCUT2D eigenvalue weighted by Crippen LogP contribution is -2.51. The number of hydrogen-bond donors (Lipinski definition) is 2. The largest absolute Gasteiger partial charge is 0.450 e. The molecule has 1 amide bonds. The minimum absolute atomic E-state index is 0.0305. The normalized spacial score (nSPS) is 16.4. The fourth-order valence-corrected chi connectivity index (χ4v) is 5.85. The molecule has 2 N–H and O–H groups in total. The van der Waals surface area contributed by atoms with E-state index in [0.29, 0.717) is 6.42 Å². The number of hydrogen-bond acceptors (Lipinski definition) is 5. The SMILES string of the molecule is CCOC(=O)N[C@@H](Cc1ccccc1)[C@H](O)CN(CC1CCCC1)S(=O)(=O)c1ccc(F)cc1. The fraction of sp³-hybridized carbons (Fsp3) is 0.480. The molecule has 34 heavy (non-hydrogen) atoms. The highest BCUT2D eigenvalue weighted by atomic mass is 32.2. The molecule has 0 spiro atoms. The second kappa shape index (κ2) is 12.3. The van der Waals surface area contributed by atoms with Gasteiger partial charge in [0.25, 0.3) is 0 Å². The zero-order chi connectivity index (χ0) is 24.6. The van der Waals surface area contributed by atoms with Crippen LogP contribution >= 0.6 is 0 Å². The van der Waals surface area contributed by atoms with Crippen LogP contribution in [0.1, 0.15) is 38.2 Å². The third kappa shape index (κ3) is 7.25. The van der Waals surface area contributed by atoms with E-state index in [1.807, 2.05) is 30.3 Å². The van der Waals surface area contributed by atoms with Crippen LogP contribution in [0.2, 0.25) is 0 Å². The van der Waals surface area contributed by atoms with Gasteiger partial charge in [0.15, 0.2) is 0 Å². The second-order valence-corrected chi connectivity index (χ2v) is 10.6. The molecule has 0 radical (unpaired) electrons. The predicted octanol–water partition coefficient (Wildman–Crippen LogP) is 3.72. The lowest BCUT2D eigenvalue weighted by atomic mass is 10.0. The minimum atomic E-state index is -3.98. The van der Waals surface area contributed by atoms with Gasteiger partial charge in [-0.05, 0) is 61.9 Å². The second-order valence-electron chi connectivity index (χ2n) is 8.65. The Hall–Kier alpha value is -2.49. The zero-order valence-electron chi connectivity index (χ0n) is 19.4. The van der Waals surface area contributed by atoms with E-state index in [1.165, 1.54) is 16.4 Å². The van der Waals surface area contributed by atoms with Gasteiger partial charge in [0, 0.05) is 13.1 Å². The van der Waals surface area contributed by atoms with Gasteiger partial charge in [-0.3, -0.25) is 0 Å². The van der Waals surface area contributed by atoms with Crippen molar-refractivity contribution < 1.29 is 27.4 Å². The summed E-state index contributed by atoms with van der Waals surface area (Å²) in [4.78, 5) is 12.1. The number of aliphatic hydroxyl groups excluding tert-OH is 1. The highest BCUT2D eigenvalue weighted by Gasteiger charge is 2.33. The summed E-state index contributed by atoms with van der Waals surface area (Å²) in [6.45, 7) is 1.90. The number of sulfonamides is 1. The Labute approximate surface area is 201 Å². The van der Waals surface area contributed by atoms with Gasteiger partial charge < -0.3 is 15.2 Å². The Balaban J connectivity index is 1.84. The standard InChI is InChI=1S/C25H33FN2O5S/c1-2-33-25(30)27-23(16-19-8-4-3-5-9-19)24(29)18-28(17-20-10-6-7-11-20)34(31,32)22-14-12-21(26)13-15-22/h3-5,8-9,12-15,20,23-24,29H,2,6-7,10-11,16-18H2,1H3,(H,27,30)/t23-,24+/m0/s1. The molecule has 0 bridgehead atoms. The Kier molecular flexibility index (Phi) is 9.44. The number of benzene rings is 2. The topological polar surface area (TPSA) is 95.9 Å². The number of rotatable bonds is 11. The molecule has 0 aromatic heterocycles. The summed E-state index contributed by atoms with van der Waals surface area (Å²) in [7, 11) is -3.98. The Morgan fingerprint density at radius 3 is 2.41 bits per heavy atom. The van der Waals surface area contributed by atoms with Crippen molar-refractivity contribution in [3.8, 4) is 0 Å². The van der Waals surface area contributed by atoms with Crippen molar-refractivity contribution in [3.63, 3.8) is 0 Å². The van der Waals surface area contributed by atoms with Gasteiger partial charge in [-0.15, -0.1) is 0 Å². The molecule has 0 aliphatic heterocycles. The number of nitrogens with zero attached hydrogens (tertiary/aromatic N) is 1. The van der Waals surface area contributed by atoms with Crippen LogP contribution in [0.5, 0.6) is 0 Å². The number of halogens is 1. The summed E-state index contributed by atoms with van der Waals surface area (Å²) in [5.41, 5.74) is 0.882. The molecule has 9 heteroatoms. The summed E-state index contributed by atoms with van der Waals surface area (Å²) in [6.07, 6.45) is 2.35. The highest BCUT2D eigenvalue weighted by Crippen LogP contribution is 2.28. The predicted molar refractivity (Wildman–Crippen MR) is 127 cm³/mol. The van der Waals surface area contributed by atoms with Gasteiger partial charge in [0.2, 0.25) is 10.0 Å². The number of nitrogens with one attached hydrogen (secondary N) is 1. The zero-order valence-corrected chi connectivity index (χ0v) is 20.2. The number of carbonyl (C=O) groups is 1. The van der Waals surface area contributed by atoms with Crippen LogP contribution in [-0.4, -0.2) is 55.8 Å². The van der Waals surface area contributed by atoms with E-state index in [4.69, 9.17) is 4.74 Å². The van der Waals surface area contributed by atoms with E-state index in [1.54, 1.807) is 6.92 Å². The van der Waals surface area contributed by atoms with Gasteiger partial charge in [-0.2, -0.15) is 4.31 Å². The van der Waals surface area contributed by atoms with Gasteiger partial charge >= 0.3 is 6.09 Å². The molecule has 3 rings (SSSR count). The molecule has 2 aromatic rings. The number of ether oxygens (including phenoxy) is 1. The number of aliphatic hydroxyl groups is 1. The number of amides is 1. The quantitative estimate of drug-likeness (QED) is 0.498. The Morgan fingerprint density at radius 2 is 1.79 bits per heavy atom. The molecule has 0 saturated heterocycles. The van der Waals surface area contributed by atoms with E-state index in [0.717, 1.165) is 43.4 Å². The molecule has 2 aromatic carbocycles. The maximum absolute atomic E-state index is 13.5. The van der Waals surface area contributed by atoms with Crippen LogP contribution in [-0.2, 0) is 21.2 Å². The average molecular weight is 493 g/mol. The summed E-state index contributed by atoms with van der Waals surface area (Å²) in [5, 5.41) is 13.8.